The van der Waals surface area contributed by atoms with Crippen molar-refractivity contribution in [2.75, 3.05) is 79.3 Å². The Morgan fingerprint density at radius 2 is 0.686 bits per heavy atom. The van der Waals surface area contributed by atoms with Crippen LogP contribution in [0.1, 0.15) is 184 Å². The lowest BCUT2D eigenvalue weighted by Crippen LogP contribution is -2.18. The Bertz CT molecular complexity index is 2070. The van der Waals surface area contributed by atoms with Crippen molar-refractivity contribution in [3.8, 4) is 0 Å². The fraction of sp³-hybridized carbons (Fsp3) is 0.956. The number of hydrogen-bond acceptors (Lipinski definition) is 32. The zero-order valence-electron chi connectivity index (χ0n) is 54.2. The van der Waals surface area contributed by atoms with Crippen LogP contribution in [0, 0.1) is 0 Å². The first-order valence-electron chi connectivity index (χ1n) is 28.1. The third-order valence-electron chi connectivity index (χ3n) is 6.44. The van der Waals surface area contributed by atoms with Crippen LogP contribution < -0.4 is 0 Å². The summed E-state index contributed by atoms with van der Waals surface area (Å²) in [5.74, 6) is 0. The van der Waals surface area contributed by atoms with Crippen LogP contribution >= 0.6 is 0 Å². The van der Waals surface area contributed by atoms with Gasteiger partial charge in [0.1, 0.15) is 30.8 Å². The van der Waals surface area contributed by atoms with Crippen LogP contribution in [0.25, 0.3) is 0 Å². The molecule has 9 heterocycles. The van der Waals surface area contributed by atoms with E-state index in [-0.39, 0.29) is 70.7 Å². The second kappa shape index (κ2) is 71.5. The molecule has 5 unspecified atom stereocenters. The highest BCUT2D eigenvalue weighted by atomic mass is 32.3. The average molecular weight is 1450 g/mol. The second-order valence-electron chi connectivity index (χ2n) is 12.2. The molecular weight excluding hydrogens is 1340 g/mol. The van der Waals surface area contributed by atoms with Crippen molar-refractivity contribution in [3.05, 3.63) is 12.5 Å². The predicted molar refractivity (Wildman–Crippen MR) is 327 cm³/mol. The minimum atomic E-state index is -3.62. The molecule has 0 bridgehead atoms. The lowest BCUT2D eigenvalue weighted by Gasteiger charge is -2.09. The van der Waals surface area contributed by atoms with Gasteiger partial charge in [-0.05, 0) is 39.5 Å². The van der Waals surface area contributed by atoms with Gasteiger partial charge in [0.25, 0.3) is 0 Å². The maximum Gasteiger partial charge on any atom is 0.416 e. The molecule has 0 aromatic carbocycles. The standard InChI is InChI=1S/C5H10O4S.C4H8O4S.2C3H6O4S.2C3H6O3S.C2H4O4S.C2H4O3S.C2H2O3S.9C2H6/c1-2-3-5-4-8-10(6,7)9-5;1-2-4-3-7-9(5,6)8-4;1-3-2-6-8(4,5)7-3;4-8(5)6-2-1-3-7-8;1-3-2-5-7(4)6-3;4-7-5-2-1-3-6-7;3-7(4)5-1-2-6-7;2*3-6-4-1-2-5-6;9*1-2/h5H,2-4H2,1H3;4H,2-3H2,1H3;3H,2H2,1H3;1-3H2;3H,2H2,1H3;1-3H2;1-2H2;1-2H2;1-2H;9*1-2H3. The van der Waals surface area contributed by atoms with E-state index < -0.39 is 97.4 Å². The predicted octanol–water partition coefficient (Wildman–Crippen LogP) is 8.05. The van der Waals surface area contributed by atoms with E-state index in [4.69, 9.17) is 0 Å². The zero-order valence-corrected chi connectivity index (χ0v) is 61.6. The van der Waals surface area contributed by atoms with Crippen LogP contribution in [-0.4, -0.2) is 163 Å². The molecule has 0 aromatic rings. The van der Waals surface area contributed by atoms with Gasteiger partial charge in [-0.2, -0.15) is 58.9 Å². The first-order chi connectivity index (χ1) is 40.8. The Kier molecular flexibility index (Phi) is 86.4. The summed E-state index contributed by atoms with van der Waals surface area (Å²) in [4.78, 5) is 0. The van der Waals surface area contributed by atoms with Crippen molar-refractivity contribution < 1.29 is 134 Å². The van der Waals surface area contributed by atoms with Crippen molar-refractivity contribution in [2.24, 2.45) is 0 Å². The molecule has 8 fully saturated rings. The van der Waals surface area contributed by atoms with E-state index in [1.807, 2.05) is 145 Å². The van der Waals surface area contributed by atoms with Crippen LogP contribution in [0.5, 0.6) is 0 Å². The third kappa shape index (κ3) is 73.8. The highest BCUT2D eigenvalue weighted by molar-refractivity contribution is 7.83. The molecule has 532 valence electrons. The van der Waals surface area contributed by atoms with Gasteiger partial charge in [0.2, 0.25) is 0 Å². The molecule has 32 nitrogen and oxygen atoms in total. The lowest BCUT2D eigenvalue weighted by atomic mass is 10.2. The van der Waals surface area contributed by atoms with Crippen LogP contribution in [-0.2, 0) is 173 Å². The van der Waals surface area contributed by atoms with Gasteiger partial charge in [0.05, 0.1) is 85.4 Å². The monoisotopic (exact) mass is 1450 g/mol. The van der Waals surface area contributed by atoms with Gasteiger partial charge in [-0.1, -0.05) is 145 Å². The van der Waals surface area contributed by atoms with E-state index in [9.17, 15) is 58.9 Å². The molecule has 0 radical (unpaired) electrons. The lowest BCUT2D eigenvalue weighted by molar-refractivity contribution is 0.157. The summed E-state index contributed by atoms with van der Waals surface area (Å²) in [5, 5.41) is 0. The van der Waals surface area contributed by atoms with Gasteiger partial charge in [0, 0.05) is 0 Å². The van der Waals surface area contributed by atoms with Gasteiger partial charge >= 0.3 is 97.4 Å². The van der Waals surface area contributed by atoms with Gasteiger partial charge in [-0.25, -0.2) is 41.8 Å². The summed E-state index contributed by atoms with van der Waals surface area (Å²) in [7, 11) is -17.9. The highest BCUT2D eigenvalue weighted by Crippen LogP contribution is 2.17. The Hall–Kier alpha value is -0.950. The first kappa shape index (κ1) is 104. The summed E-state index contributed by atoms with van der Waals surface area (Å²) in [5.41, 5.74) is 0. The van der Waals surface area contributed by atoms with Gasteiger partial charge < -0.3 is 8.37 Å². The normalized spacial score (nSPS) is 24.4. The molecule has 0 saturated carbocycles. The van der Waals surface area contributed by atoms with Crippen LogP contribution in [0.4, 0.5) is 0 Å². The van der Waals surface area contributed by atoms with Crippen LogP contribution in [0.2, 0.25) is 0 Å². The fourth-order valence-corrected chi connectivity index (χ4v) is 9.65. The molecule has 0 N–H and O–H groups in total. The Morgan fingerprint density at radius 1 is 0.349 bits per heavy atom. The van der Waals surface area contributed by atoms with E-state index in [0.717, 1.165) is 19.3 Å². The molecule has 9 rings (SSSR count). The van der Waals surface area contributed by atoms with Crippen molar-refractivity contribution in [1.82, 2.24) is 0 Å². The Labute approximate surface area is 529 Å². The molecule has 0 spiro atoms. The Balaban J connectivity index is -0.000000107. The molecule has 9 aliphatic rings. The number of hydrogen-bond donors (Lipinski definition) is 0. The highest BCUT2D eigenvalue weighted by Gasteiger charge is 2.30. The van der Waals surface area contributed by atoms with Gasteiger partial charge in [0.15, 0.2) is 0 Å². The largest absolute Gasteiger partial charge is 0.416 e. The summed E-state index contributed by atoms with van der Waals surface area (Å²) < 4.78 is 221. The zero-order chi connectivity index (χ0) is 69.3. The van der Waals surface area contributed by atoms with E-state index in [1.165, 1.54) is 12.5 Å². The molecule has 0 aliphatic carbocycles. The topological polar surface area (TPSA) is 405 Å². The van der Waals surface area contributed by atoms with Crippen LogP contribution in [0.3, 0.4) is 0 Å². The van der Waals surface area contributed by atoms with Crippen molar-refractivity contribution in [2.45, 2.75) is 209 Å². The van der Waals surface area contributed by atoms with E-state index in [0.29, 0.717) is 45.9 Å². The molecule has 41 heteroatoms. The van der Waals surface area contributed by atoms with Crippen molar-refractivity contribution in [3.63, 3.8) is 0 Å². The first-order valence-corrected chi connectivity index (χ1v) is 38.7. The smallest absolute Gasteiger partial charge is 0.376 e. The fourth-order valence-electron chi connectivity index (χ4n) is 3.64. The maximum atomic E-state index is 10.5. The third-order valence-corrected chi connectivity index (χ3v) is 13.9. The van der Waals surface area contributed by atoms with Gasteiger partial charge in [-0.15, -0.1) is 0 Å². The second-order valence-corrected chi connectivity index (χ2v) is 21.9. The minimum Gasteiger partial charge on any atom is -0.376 e. The average Bonchev–Trinajstić information content (AvgIpc) is 4.62. The number of rotatable bonds is 3. The van der Waals surface area contributed by atoms with E-state index in [1.54, 1.807) is 6.92 Å². The van der Waals surface area contributed by atoms with Crippen LogP contribution in [0.15, 0.2) is 12.5 Å². The van der Waals surface area contributed by atoms with E-state index in [2.05, 4.69) is 75.3 Å². The molecule has 8 saturated heterocycles. The quantitative estimate of drug-likeness (QED) is 0.258. The summed E-state index contributed by atoms with van der Waals surface area (Å²) in [6.45, 7) is 47.1. The maximum absolute atomic E-state index is 10.5. The van der Waals surface area contributed by atoms with E-state index >= 15 is 0 Å². The van der Waals surface area contributed by atoms with Crippen molar-refractivity contribution in [1.29, 1.82) is 0 Å². The minimum absolute atomic E-state index is 0.000772. The summed E-state index contributed by atoms with van der Waals surface area (Å²) >= 11 is -5.85. The molecule has 5 atom stereocenters. The SMILES string of the molecule is CC.CC.CC.CC.CC.CC.CC.CC.CC.CC1COS(=O)(=O)O1.CC1COS(=O)O1.CCC1COS(=O)(=O)O1.CCCC1COS(=O)(=O)O1.O=S1(=O)OCCCO1.O=S1(=O)OCCO1.O=S1OC=CO1.O=S1OCCCO1.O=S1OCCO1. The molecule has 86 heavy (non-hydrogen) atoms. The van der Waals surface area contributed by atoms with Gasteiger partial charge in [-0.3, -0.25) is 25.1 Å². The molecule has 9 aliphatic heterocycles. The Morgan fingerprint density at radius 3 is 0.826 bits per heavy atom. The van der Waals surface area contributed by atoms with Crippen molar-refractivity contribution >= 4 is 97.4 Å². The molecular formula is C45H106O32S9. The molecule has 0 amide bonds. The molecule has 0 aromatic heterocycles. The summed E-state index contributed by atoms with van der Waals surface area (Å²) in [6, 6.07) is 0. The summed E-state index contributed by atoms with van der Waals surface area (Å²) in [6.07, 6.45) is 5.44.